The highest BCUT2D eigenvalue weighted by Gasteiger charge is 2.02. The van der Waals surface area contributed by atoms with E-state index in [0.717, 1.165) is 16.8 Å². The molecular formula is C17H13NO. The fourth-order valence-electron chi connectivity index (χ4n) is 1.84. The quantitative estimate of drug-likeness (QED) is 0.680. The number of rotatable bonds is 3. The summed E-state index contributed by atoms with van der Waals surface area (Å²) in [5.74, 6) is 0.614. The zero-order valence-electron chi connectivity index (χ0n) is 10.4. The van der Waals surface area contributed by atoms with Crippen molar-refractivity contribution in [1.29, 1.82) is 0 Å². The molecule has 0 atom stereocenters. The van der Waals surface area contributed by atoms with Gasteiger partial charge in [0.15, 0.2) is 0 Å². The smallest absolute Gasteiger partial charge is 0.219 e. The molecule has 1 aromatic heterocycles. The standard InChI is InChI=1S/C17H13NO/c1-3-7-14(8-4-1)11-12-17-18-16(13-19-17)15-9-5-2-6-10-15/h1-13H. The van der Waals surface area contributed by atoms with Crippen LogP contribution in [0.4, 0.5) is 0 Å². The summed E-state index contributed by atoms with van der Waals surface area (Å²) in [6, 6.07) is 20.1. The molecule has 3 aromatic rings. The molecule has 2 nitrogen and oxygen atoms in total. The predicted molar refractivity (Wildman–Crippen MR) is 77.3 cm³/mol. The molecule has 2 aromatic carbocycles. The predicted octanol–water partition coefficient (Wildman–Crippen LogP) is 4.51. The van der Waals surface area contributed by atoms with Gasteiger partial charge in [0.2, 0.25) is 5.89 Å². The Labute approximate surface area is 112 Å². The molecule has 2 heteroatoms. The van der Waals surface area contributed by atoms with E-state index in [1.165, 1.54) is 0 Å². The topological polar surface area (TPSA) is 26.0 Å². The molecule has 0 radical (unpaired) electrons. The molecule has 0 bridgehead atoms. The van der Waals surface area contributed by atoms with Gasteiger partial charge >= 0.3 is 0 Å². The van der Waals surface area contributed by atoms with Crippen LogP contribution >= 0.6 is 0 Å². The van der Waals surface area contributed by atoms with E-state index in [9.17, 15) is 0 Å². The second-order valence-electron chi connectivity index (χ2n) is 4.18. The lowest BCUT2D eigenvalue weighted by atomic mass is 10.2. The average molecular weight is 247 g/mol. The summed E-state index contributed by atoms with van der Waals surface area (Å²) in [5.41, 5.74) is 3.04. The Balaban J connectivity index is 1.81. The molecule has 0 aliphatic rings. The van der Waals surface area contributed by atoms with Crippen LogP contribution in [0.25, 0.3) is 23.4 Å². The minimum atomic E-state index is 0.614. The van der Waals surface area contributed by atoms with E-state index in [1.807, 2.05) is 72.8 Å². The highest BCUT2D eigenvalue weighted by Crippen LogP contribution is 2.18. The van der Waals surface area contributed by atoms with Crippen LogP contribution in [-0.4, -0.2) is 4.98 Å². The van der Waals surface area contributed by atoms with Crippen LogP contribution in [0, 0.1) is 0 Å². The summed E-state index contributed by atoms with van der Waals surface area (Å²) in [6.07, 6.45) is 5.54. The van der Waals surface area contributed by atoms with E-state index in [-0.39, 0.29) is 0 Å². The first kappa shape index (κ1) is 11.5. The van der Waals surface area contributed by atoms with Gasteiger partial charge in [-0.2, -0.15) is 0 Å². The molecule has 1 heterocycles. The minimum absolute atomic E-state index is 0.614. The largest absolute Gasteiger partial charge is 0.444 e. The third-order valence-corrected chi connectivity index (χ3v) is 2.81. The molecule has 0 N–H and O–H groups in total. The summed E-state index contributed by atoms with van der Waals surface area (Å²) in [5, 5.41) is 0. The molecule has 3 rings (SSSR count). The van der Waals surface area contributed by atoms with Gasteiger partial charge in [-0.3, -0.25) is 0 Å². The first-order valence-electron chi connectivity index (χ1n) is 6.16. The Hall–Kier alpha value is -2.61. The average Bonchev–Trinajstić information content (AvgIpc) is 2.96. The molecule has 92 valence electrons. The van der Waals surface area contributed by atoms with Crippen LogP contribution in [0.15, 0.2) is 71.3 Å². The van der Waals surface area contributed by atoms with Crippen LogP contribution in [0.1, 0.15) is 11.5 Å². The van der Waals surface area contributed by atoms with Crippen molar-refractivity contribution in [2.24, 2.45) is 0 Å². The third-order valence-electron chi connectivity index (χ3n) is 2.81. The normalized spacial score (nSPS) is 10.9. The highest BCUT2D eigenvalue weighted by molar-refractivity contribution is 5.67. The lowest BCUT2D eigenvalue weighted by Crippen LogP contribution is -1.77. The molecule has 0 saturated carbocycles. The zero-order valence-corrected chi connectivity index (χ0v) is 10.4. The summed E-state index contributed by atoms with van der Waals surface area (Å²) in [6.45, 7) is 0. The number of hydrogen-bond donors (Lipinski definition) is 0. The molecule has 0 spiro atoms. The molecular weight excluding hydrogens is 234 g/mol. The van der Waals surface area contributed by atoms with Crippen LogP contribution < -0.4 is 0 Å². The van der Waals surface area contributed by atoms with E-state index >= 15 is 0 Å². The van der Waals surface area contributed by atoms with Crippen molar-refractivity contribution in [2.75, 3.05) is 0 Å². The number of nitrogens with zero attached hydrogens (tertiary/aromatic N) is 1. The van der Waals surface area contributed by atoms with Gasteiger partial charge in [0.25, 0.3) is 0 Å². The van der Waals surface area contributed by atoms with Crippen molar-refractivity contribution in [3.63, 3.8) is 0 Å². The lowest BCUT2D eigenvalue weighted by molar-refractivity contribution is 0.547. The van der Waals surface area contributed by atoms with Crippen LogP contribution in [0.2, 0.25) is 0 Å². The maximum absolute atomic E-state index is 5.44. The monoisotopic (exact) mass is 247 g/mol. The number of hydrogen-bond acceptors (Lipinski definition) is 2. The van der Waals surface area contributed by atoms with Gasteiger partial charge in [-0.1, -0.05) is 60.7 Å². The molecule has 0 aliphatic heterocycles. The van der Waals surface area contributed by atoms with E-state index in [2.05, 4.69) is 4.98 Å². The fraction of sp³-hybridized carbons (Fsp3) is 0. The van der Waals surface area contributed by atoms with Crippen molar-refractivity contribution in [3.8, 4) is 11.3 Å². The third kappa shape index (κ3) is 2.80. The van der Waals surface area contributed by atoms with E-state index in [1.54, 1.807) is 6.26 Å². The molecule has 0 aliphatic carbocycles. The second kappa shape index (κ2) is 5.36. The van der Waals surface area contributed by atoms with Crippen LogP contribution in [-0.2, 0) is 0 Å². The molecule has 0 fully saturated rings. The first-order valence-corrected chi connectivity index (χ1v) is 6.16. The van der Waals surface area contributed by atoms with Gasteiger partial charge in [-0.15, -0.1) is 0 Å². The van der Waals surface area contributed by atoms with Gasteiger partial charge in [-0.25, -0.2) is 4.98 Å². The van der Waals surface area contributed by atoms with Crippen molar-refractivity contribution in [1.82, 2.24) is 4.98 Å². The number of benzene rings is 2. The Morgan fingerprint density at radius 1 is 0.789 bits per heavy atom. The van der Waals surface area contributed by atoms with E-state index in [0.29, 0.717) is 5.89 Å². The molecule has 0 saturated heterocycles. The van der Waals surface area contributed by atoms with Crippen molar-refractivity contribution >= 4 is 12.2 Å². The summed E-state index contributed by atoms with van der Waals surface area (Å²) in [4.78, 5) is 4.44. The summed E-state index contributed by atoms with van der Waals surface area (Å²) < 4.78 is 5.44. The highest BCUT2D eigenvalue weighted by atomic mass is 16.3. The fourth-order valence-corrected chi connectivity index (χ4v) is 1.84. The number of aromatic nitrogens is 1. The molecule has 19 heavy (non-hydrogen) atoms. The second-order valence-corrected chi connectivity index (χ2v) is 4.18. The van der Waals surface area contributed by atoms with Crippen molar-refractivity contribution < 1.29 is 4.42 Å². The van der Waals surface area contributed by atoms with Gasteiger partial charge in [0.05, 0.1) is 0 Å². The van der Waals surface area contributed by atoms with Gasteiger partial charge in [0, 0.05) is 11.6 Å². The van der Waals surface area contributed by atoms with Crippen LogP contribution in [0.3, 0.4) is 0 Å². The van der Waals surface area contributed by atoms with Gasteiger partial charge < -0.3 is 4.42 Å². The Kier molecular flexibility index (Phi) is 3.24. The minimum Gasteiger partial charge on any atom is -0.444 e. The Bertz CT molecular complexity index is 669. The molecule has 0 unspecified atom stereocenters. The lowest BCUT2D eigenvalue weighted by Gasteiger charge is -1.92. The van der Waals surface area contributed by atoms with Crippen molar-refractivity contribution in [2.45, 2.75) is 0 Å². The van der Waals surface area contributed by atoms with E-state index in [4.69, 9.17) is 4.42 Å². The zero-order chi connectivity index (χ0) is 12.9. The van der Waals surface area contributed by atoms with E-state index < -0.39 is 0 Å². The van der Waals surface area contributed by atoms with Gasteiger partial charge in [0.1, 0.15) is 12.0 Å². The summed E-state index contributed by atoms with van der Waals surface area (Å²) in [7, 11) is 0. The maximum atomic E-state index is 5.44. The Morgan fingerprint density at radius 2 is 1.47 bits per heavy atom. The summed E-state index contributed by atoms with van der Waals surface area (Å²) >= 11 is 0. The molecule has 0 amide bonds. The van der Waals surface area contributed by atoms with Crippen molar-refractivity contribution in [3.05, 3.63) is 78.4 Å². The van der Waals surface area contributed by atoms with Crippen LogP contribution in [0.5, 0.6) is 0 Å². The SMILES string of the molecule is C(=Cc1nc(-c2ccccc2)co1)c1ccccc1. The maximum Gasteiger partial charge on any atom is 0.219 e. The number of oxazole rings is 1. The first-order chi connectivity index (χ1) is 9.42. The van der Waals surface area contributed by atoms with Gasteiger partial charge in [-0.05, 0) is 11.6 Å². The Morgan fingerprint density at radius 3 is 2.21 bits per heavy atom.